The summed E-state index contributed by atoms with van der Waals surface area (Å²) in [5.74, 6) is 0.607. The van der Waals surface area contributed by atoms with Gasteiger partial charge in [0.25, 0.3) is 5.91 Å². The van der Waals surface area contributed by atoms with Crippen LogP contribution in [0.5, 0.6) is 11.5 Å². The van der Waals surface area contributed by atoms with Crippen molar-refractivity contribution < 1.29 is 14.3 Å². The third kappa shape index (κ3) is 6.14. The van der Waals surface area contributed by atoms with E-state index >= 15 is 0 Å². The molecule has 2 rings (SSSR count). The second-order valence-electron chi connectivity index (χ2n) is 6.15. The number of carbonyl (C=O) groups excluding carboxylic acids is 1. The lowest BCUT2D eigenvalue weighted by atomic mass is 10.1. The quantitative estimate of drug-likeness (QED) is 0.362. The Morgan fingerprint density at radius 2 is 1.90 bits per heavy atom. The molecule has 0 atom stereocenters. The Balaban J connectivity index is 2.36. The summed E-state index contributed by atoms with van der Waals surface area (Å²) < 4.78 is 12.2. The molecule has 0 fully saturated rings. The van der Waals surface area contributed by atoms with E-state index in [-0.39, 0.29) is 18.1 Å². The standard InChI is InChI=1S/C21H19BrCl2N2O3/c1-4-28-19-8-14(7-15(11-25)21(27)26(2)3)17(22)10-20(19)29-12-13-5-6-16(23)9-18(13)24/h5-10H,4,12H2,1-3H3. The highest BCUT2D eigenvalue weighted by Crippen LogP contribution is 2.36. The molecule has 0 aliphatic heterocycles. The van der Waals surface area contributed by atoms with E-state index in [1.807, 2.05) is 13.0 Å². The molecule has 0 aliphatic rings. The largest absolute Gasteiger partial charge is 0.490 e. The number of likely N-dealkylation sites (N-methyl/N-ethyl adjacent to an activating group) is 1. The zero-order valence-corrected chi connectivity index (χ0v) is 19.2. The Bertz CT molecular complexity index is 985. The van der Waals surface area contributed by atoms with Gasteiger partial charge in [0.15, 0.2) is 11.5 Å². The first-order valence-electron chi connectivity index (χ1n) is 8.63. The summed E-state index contributed by atoms with van der Waals surface area (Å²) in [7, 11) is 3.18. The third-order valence-electron chi connectivity index (χ3n) is 3.82. The molecule has 8 heteroatoms. The van der Waals surface area contributed by atoms with Crippen LogP contribution in [0.3, 0.4) is 0 Å². The highest BCUT2D eigenvalue weighted by molar-refractivity contribution is 9.10. The lowest BCUT2D eigenvalue weighted by molar-refractivity contribution is -0.124. The van der Waals surface area contributed by atoms with Gasteiger partial charge in [-0.2, -0.15) is 5.26 Å². The van der Waals surface area contributed by atoms with Crippen molar-refractivity contribution in [2.75, 3.05) is 20.7 Å². The Labute approximate surface area is 188 Å². The van der Waals surface area contributed by atoms with Gasteiger partial charge in [0.2, 0.25) is 0 Å². The normalized spacial score (nSPS) is 11.0. The molecule has 0 spiro atoms. The van der Waals surface area contributed by atoms with Crippen LogP contribution in [0.4, 0.5) is 0 Å². The number of ether oxygens (including phenoxy) is 2. The molecular formula is C21H19BrCl2N2O3. The molecule has 1 amide bonds. The van der Waals surface area contributed by atoms with Gasteiger partial charge in [-0.05, 0) is 42.8 Å². The van der Waals surface area contributed by atoms with E-state index in [4.69, 9.17) is 32.7 Å². The summed E-state index contributed by atoms with van der Waals surface area (Å²) in [6.07, 6.45) is 1.51. The van der Waals surface area contributed by atoms with E-state index in [9.17, 15) is 10.1 Å². The van der Waals surface area contributed by atoms with Crippen molar-refractivity contribution in [1.82, 2.24) is 4.90 Å². The number of halogens is 3. The average Bonchev–Trinajstić information content (AvgIpc) is 2.67. The fraction of sp³-hybridized carbons (Fsp3) is 0.238. The molecule has 0 saturated heterocycles. The zero-order valence-electron chi connectivity index (χ0n) is 16.1. The van der Waals surface area contributed by atoms with Gasteiger partial charge in [-0.15, -0.1) is 0 Å². The van der Waals surface area contributed by atoms with E-state index in [0.717, 1.165) is 5.56 Å². The van der Waals surface area contributed by atoms with Gasteiger partial charge >= 0.3 is 0 Å². The molecule has 0 radical (unpaired) electrons. The Kier molecular flexibility index (Phi) is 8.39. The van der Waals surface area contributed by atoms with Crippen molar-refractivity contribution in [3.8, 4) is 17.6 Å². The first-order valence-corrected chi connectivity index (χ1v) is 10.2. The maximum absolute atomic E-state index is 12.1. The number of amides is 1. The minimum absolute atomic E-state index is 0.0137. The van der Waals surface area contributed by atoms with Crippen LogP contribution in [0.25, 0.3) is 6.08 Å². The molecule has 0 unspecified atom stereocenters. The highest BCUT2D eigenvalue weighted by atomic mass is 79.9. The van der Waals surface area contributed by atoms with E-state index in [1.54, 1.807) is 44.4 Å². The number of carbonyl (C=O) groups is 1. The predicted molar refractivity (Wildman–Crippen MR) is 118 cm³/mol. The van der Waals surface area contributed by atoms with Crippen LogP contribution in [0, 0.1) is 11.3 Å². The van der Waals surface area contributed by atoms with Crippen molar-refractivity contribution in [2.45, 2.75) is 13.5 Å². The highest BCUT2D eigenvalue weighted by Gasteiger charge is 2.15. The molecule has 0 bridgehead atoms. The monoisotopic (exact) mass is 496 g/mol. The van der Waals surface area contributed by atoms with Crippen LogP contribution >= 0.6 is 39.1 Å². The van der Waals surface area contributed by atoms with Crippen LogP contribution in [0.15, 0.2) is 40.4 Å². The molecular weight excluding hydrogens is 479 g/mol. The van der Waals surface area contributed by atoms with Gasteiger partial charge in [0.05, 0.1) is 6.61 Å². The Hall–Kier alpha value is -2.20. The second-order valence-corrected chi connectivity index (χ2v) is 7.85. The lowest BCUT2D eigenvalue weighted by Gasteiger charge is -2.15. The summed E-state index contributed by atoms with van der Waals surface area (Å²) in [4.78, 5) is 13.5. The molecule has 2 aromatic carbocycles. The molecule has 0 saturated carbocycles. The summed E-state index contributed by atoms with van der Waals surface area (Å²) >= 11 is 15.6. The SMILES string of the molecule is CCOc1cc(C=C(C#N)C(=O)N(C)C)c(Br)cc1OCc1ccc(Cl)cc1Cl. The van der Waals surface area contributed by atoms with Crippen LogP contribution < -0.4 is 9.47 Å². The van der Waals surface area contributed by atoms with Crippen molar-refractivity contribution in [1.29, 1.82) is 5.26 Å². The average molecular weight is 498 g/mol. The number of benzene rings is 2. The van der Waals surface area contributed by atoms with Crippen molar-refractivity contribution in [3.63, 3.8) is 0 Å². The Morgan fingerprint density at radius 1 is 1.21 bits per heavy atom. The lowest BCUT2D eigenvalue weighted by Crippen LogP contribution is -2.22. The van der Waals surface area contributed by atoms with E-state index in [0.29, 0.717) is 38.2 Å². The minimum atomic E-state index is -0.380. The fourth-order valence-corrected chi connectivity index (χ4v) is 3.27. The van der Waals surface area contributed by atoms with Gasteiger partial charge in [-0.1, -0.05) is 45.2 Å². The van der Waals surface area contributed by atoms with Crippen LogP contribution in [-0.4, -0.2) is 31.5 Å². The first-order chi connectivity index (χ1) is 13.8. The molecule has 152 valence electrons. The first kappa shape index (κ1) is 23.1. The number of nitriles is 1. The second kappa shape index (κ2) is 10.5. The Morgan fingerprint density at radius 3 is 2.48 bits per heavy atom. The van der Waals surface area contributed by atoms with Crippen molar-refractivity contribution in [2.24, 2.45) is 0 Å². The fourth-order valence-electron chi connectivity index (χ4n) is 2.38. The van der Waals surface area contributed by atoms with Crippen LogP contribution in [0.2, 0.25) is 10.0 Å². The summed E-state index contributed by atoms with van der Waals surface area (Å²) in [6.45, 7) is 2.50. The predicted octanol–water partition coefficient (Wildman–Crippen LogP) is 5.73. The molecule has 5 nitrogen and oxygen atoms in total. The number of hydrogen-bond acceptors (Lipinski definition) is 4. The zero-order chi connectivity index (χ0) is 21.6. The molecule has 0 heterocycles. The summed E-state index contributed by atoms with van der Waals surface area (Å²) in [5, 5.41) is 10.4. The number of rotatable bonds is 7. The van der Waals surface area contributed by atoms with E-state index in [1.165, 1.54) is 11.0 Å². The molecule has 0 N–H and O–H groups in total. The number of nitrogens with zero attached hydrogens (tertiary/aromatic N) is 2. The molecule has 0 aliphatic carbocycles. The molecule has 0 aromatic heterocycles. The van der Waals surface area contributed by atoms with Gasteiger partial charge < -0.3 is 14.4 Å². The minimum Gasteiger partial charge on any atom is -0.490 e. The maximum atomic E-state index is 12.1. The van der Waals surface area contributed by atoms with Crippen molar-refractivity contribution in [3.05, 3.63) is 61.5 Å². The molecule has 2 aromatic rings. The third-order valence-corrected chi connectivity index (χ3v) is 5.09. The van der Waals surface area contributed by atoms with Crippen LogP contribution in [-0.2, 0) is 11.4 Å². The van der Waals surface area contributed by atoms with Gasteiger partial charge in [-0.25, -0.2) is 0 Å². The van der Waals surface area contributed by atoms with Crippen LogP contribution in [0.1, 0.15) is 18.1 Å². The molecule has 29 heavy (non-hydrogen) atoms. The topological polar surface area (TPSA) is 62.6 Å². The smallest absolute Gasteiger partial charge is 0.264 e. The summed E-state index contributed by atoms with van der Waals surface area (Å²) in [6, 6.07) is 10.6. The van der Waals surface area contributed by atoms with E-state index in [2.05, 4.69) is 15.9 Å². The maximum Gasteiger partial charge on any atom is 0.264 e. The van der Waals surface area contributed by atoms with Crippen molar-refractivity contribution >= 4 is 51.1 Å². The van der Waals surface area contributed by atoms with Gasteiger partial charge in [-0.3, -0.25) is 4.79 Å². The summed E-state index contributed by atoms with van der Waals surface area (Å²) in [5.41, 5.74) is 1.42. The van der Waals surface area contributed by atoms with Gasteiger partial charge in [0.1, 0.15) is 18.2 Å². The van der Waals surface area contributed by atoms with Gasteiger partial charge in [0, 0.05) is 34.2 Å². The van der Waals surface area contributed by atoms with E-state index < -0.39 is 0 Å². The number of hydrogen-bond donors (Lipinski definition) is 0.